The van der Waals surface area contributed by atoms with E-state index in [2.05, 4.69) is 5.32 Å². The Labute approximate surface area is 93.0 Å². The van der Waals surface area contributed by atoms with Crippen molar-refractivity contribution in [1.29, 1.82) is 0 Å². The topological polar surface area (TPSA) is 12.0 Å². The van der Waals surface area contributed by atoms with Crippen molar-refractivity contribution in [2.45, 2.75) is 57.4 Å². The molecule has 4 saturated carbocycles. The highest BCUT2D eigenvalue weighted by atomic mass is 15.0. The van der Waals surface area contributed by atoms with E-state index in [9.17, 15) is 0 Å². The lowest BCUT2D eigenvalue weighted by atomic mass is 9.93. The Morgan fingerprint density at radius 2 is 1.87 bits per heavy atom. The molecule has 3 atom stereocenters. The van der Waals surface area contributed by atoms with Gasteiger partial charge in [-0.15, -0.1) is 0 Å². The minimum absolute atomic E-state index is 0.807. The molecule has 2 bridgehead atoms. The zero-order valence-electron chi connectivity index (χ0n) is 9.67. The molecule has 0 radical (unpaired) electrons. The largest absolute Gasteiger partial charge is 0.313 e. The monoisotopic (exact) mass is 205 g/mol. The van der Waals surface area contributed by atoms with Crippen molar-refractivity contribution in [2.24, 2.45) is 23.2 Å². The zero-order chi connectivity index (χ0) is 9.88. The van der Waals surface area contributed by atoms with Crippen LogP contribution in [-0.2, 0) is 0 Å². The summed E-state index contributed by atoms with van der Waals surface area (Å²) in [6.45, 7) is 1.37. The standard InChI is InChI=1S/C14H23N/c1-2-11-7-10(1)8-13(11)15-9-14(5-6-14)12-3-4-12/h10-13,15H,1-9H2. The molecule has 4 aliphatic rings. The lowest BCUT2D eigenvalue weighted by molar-refractivity contribution is 0.306. The summed E-state index contributed by atoms with van der Waals surface area (Å²) in [6, 6.07) is 0.917. The van der Waals surface area contributed by atoms with Crippen molar-refractivity contribution >= 4 is 0 Å². The van der Waals surface area contributed by atoms with Crippen molar-refractivity contribution in [1.82, 2.24) is 5.32 Å². The third kappa shape index (κ3) is 1.46. The SMILES string of the molecule is C1CC2CC1CC2NCC1(C2CC2)CC1. The molecule has 84 valence electrons. The maximum Gasteiger partial charge on any atom is 0.00983 e. The summed E-state index contributed by atoms with van der Waals surface area (Å²) in [4.78, 5) is 0. The van der Waals surface area contributed by atoms with Crippen LogP contribution in [0.4, 0.5) is 0 Å². The maximum absolute atomic E-state index is 3.94. The van der Waals surface area contributed by atoms with Crippen LogP contribution in [0.25, 0.3) is 0 Å². The number of rotatable bonds is 4. The first-order valence-electron chi connectivity index (χ1n) is 7.09. The van der Waals surface area contributed by atoms with Gasteiger partial charge in [0.25, 0.3) is 0 Å². The summed E-state index contributed by atoms with van der Waals surface area (Å²) in [5.41, 5.74) is 0.807. The molecule has 15 heavy (non-hydrogen) atoms. The van der Waals surface area contributed by atoms with Crippen LogP contribution in [0.5, 0.6) is 0 Å². The average Bonchev–Trinajstić information content (AvgIpc) is 3.15. The molecule has 0 aliphatic heterocycles. The molecule has 0 amide bonds. The quantitative estimate of drug-likeness (QED) is 0.744. The van der Waals surface area contributed by atoms with Gasteiger partial charge in [0.05, 0.1) is 0 Å². The lowest BCUT2D eigenvalue weighted by Gasteiger charge is -2.26. The molecule has 0 heterocycles. The summed E-state index contributed by atoms with van der Waals surface area (Å²) in [7, 11) is 0. The Kier molecular flexibility index (Phi) is 1.81. The number of hydrogen-bond donors (Lipinski definition) is 1. The van der Waals surface area contributed by atoms with E-state index in [-0.39, 0.29) is 0 Å². The van der Waals surface area contributed by atoms with E-state index >= 15 is 0 Å². The Balaban J connectivity index is 1.33. The molecule has 0 aromatic rings. The van der Waals surface area contributed by atoms with Gasteiger partial charge in [-0.25, -0.2) is 0 Å². The molecule has 3 unspecified atom stereocenters. The van der Waals surface area contributed by atoms with Gasteiger partial charge in [-0.1, -0.05) is 6.42 Å². The molecule has 0 aromatic carbocycles. The van der Waals surface area contributed by atoms with Gasteiger partial charge in [0.1, 0.15) is 0 Å². The third-order valence-electron chi connectivity index (χ3n) is 5.79. The molecule has 1 heteroatoms. The van der Waals surface area contributed by atoms with E-state index in [4.69, 9.17) is 0 Å². The minimum atomic E-state index is 0.807. The smallest absolute Gasteiger partial charge is 0.00983 e. The Hall–Kier alpha value is -0.0400. The van der Waals surface area contributed by atoms with Crippen molar-refractivity contribution in [3.05, 3.63) is 0 Å². The molecular weight excluding hydrogens is 182 g/mol. The molecule has 1 nitrogen and oxygen atoms in total. The molecule has 1 N–H and O–H groups in total. The molecule has 0 saturated heterocycles. The van der Waals surface area contributed by atoms with E-state index in [0.717, 1.165) is 29.2 Å². The number of nitrogens with one attached hydrogen (secondary N) is 1. The molecule has 0 aromatic heterocycles. The number of fused-ring (bicyclic) bond motifs is 2. The Morgan fingerprint density at radius 1 is 1.00 bits per heavy atom. The Morgan fingerprint density at radius 3 is 2.40 bits per heavy atom. The molecule has 4 fully saturated rings. The first-order valence-corrected chi connectivity index (χ1v) is 7.09. The molecule has 0 spiro atoms. The summed E-state index contributed by atoms with van der Waals surface area (Å²) in [5, 5.41) is 3.94. The fourth-order valence-corrected chi connectivity index (χ4v) is 4.41. The van der Waals surface area contributed by atoms with Gasteiger partial charge in [-0.05, 0) is 68.1 Å². The van der Waals surface area contributed by atoms with Crippen molar-refractivity contribution in [3.63, 3.8) is 0 Å². The summed E-state index contributed by atoms with van der Waals surface area (Å²) < 4.78 is 0. The van der Waals surface area contributed by atoms with E-state index in [1.54, 1.807) is 19.3 Å². The summed E-state index contributed by atoms with van der Waals surface area (Å²) in [6.07, 6.45) is 12.3. The second-order valence-corrected chi connectivity index (χ2v) is 6.80. The highest BCUT2D eigenvalue weighted by Gasteiger charge is 2.53. The fourth-order valence-electron chi connectivity index (χ4n) is 4.41. The first-order chi connectivity index (χ1) is 7.36. The van der Waals surface area contributed by atoms with Gasteiger partial charge in [0, 0.05) is 12.6 Å². The fraction of sp³-hybridized carbons (Fsp3) is 1.00. The van der Waals surface area contributed by atoms with E-state index in [1.165, 1.54) is 38.6 Å². The molecular formula is C14H23N. The molecule has 4 rings (SSSR count). The third-order valence-corrected chi connectivity index (χ3v) is 5.79. The Bertz CT molecular complexity index is 265. The normalized spacial score (nSPS) is 46.0. The van der Waals surface area contributed by atoms with E-state index in [1.807, 2.05) is 0 Å². The van der Waals surface area contributed by atoms with Gasteiger partial charge in [-0.2, -0.15) is 0 Å². The average molecular weight is 205 g/mol. The maximum atomic E-state index is 3.94. The highest BCUT2D eigenvalue weighted by molar-refractivity contribution is 5.06. The predicted octanol–water partition coefficient (Wildman–Crippen LogP) is 2.95. The van der Waals surface area contributed by atoms with Gasteiger partial charge < -0.3 is 5.32 Å². The van der Waals surface area contributed by atoms with Crippen molar-refractivity contribution < 1.29 is 0 Å². The van der Waals surface area contributed by atoms with Gasteiger partial charge in [0.2, 0.25) is 0 Å². The zero-order valence-corrected chi connectivity index (χ0v) is 9.67. The number of hydrogen-bond acceptors (Lipinski definition) is 1. The van der Waals surface area contributed by atoms with Crippen LogP contribution < -0.4 is 5.32 Å². The van der Waals surface area contributed by atoms with E-state index < -0.39 is 0 Å². The second-order valence-electron chi connectivity index (χ2n) is 6.80. The van der Waals surface area contributed by atoms with Crippen LogP contribution in [0.3, 0.4) is 0 Å². The summed E-state index contributed by atoms with van der Waals surface area (Å²) in [5.74, 6) is 3.29. The second kappa shape index (κ2) is 3.00. The minimum Gasteiger partial charge on any atom is -0.313 e. The predicted molar refractivity (Wildman–Crippen MR) is 61.6 cm³/mol. The first kappa shape index (κ1) is 9.04. The van der Waals surface area contributed by atoms with Crippen LogP contribution in [0.1, 0.15) is 51.4 Å². The van der Waals surface area contributed by atoms with E-state index in [0.29, 0.717) is 0 Å². The van der Waals surface area contributed by atoms with Gasteiger partial charge >= 0.3 is 0 Å². The van der Waals surface area contributed by atoms with Crippen LogP contribution in [-0.4, -0.2) is 12.6 Å². The van der Waals surface area contributed by atoms with Crippen LogP contribution in [0.15, 0.2) is 0 Å². The van der Waals surface area contributed by atoms with Gasteiger partial charge in [-0.3, -0.25) is 0 Å². The van der Waals surface area contributed by atoms with Gasteiger partial charge in [0.15, 0.2) is 0 Å². The van der Waals surface area contributed by atoms with Crippen LogP contribution in [0, 0.1) is 23.2 Å². The van der Waals surface area contributed by atoms with Crippen molar-refractivity contribution in [3.8, 4) is 0 Å². The van der Waals surface area contributed by atoms with Crippen molar-refractivity contribution in [2.75, 3.05) is 6.54 Å². The van der Waals surface area contributed by atoms with Crippen LogP contribution in [0.2, 0.25) is 0 Å². The highest BCUT2D eigenvalue weighted by Crippen LogP contribution is 2.61. The lowest BCUT2D eigenvalue weighted by Crippen LogP contribution is -2.38. The summed E-state index contributed by atoms with van der Waals surface area (Å²) >= 11 is 0. The van der Waals surface area contributed by atoms with Crippen LogP contribution >= 0.6 is 0 Å². The molecule has 4 aliphatic carbocycles.